The van der Waals surface area contributed by atoms with E-state index in [2.05, 4.69) is 5.32 Å². The van der Waals surface area contributed by atoms with Crippen LogP contribution in [0, 0.1) is 0 Å². The molecular formula is C14H18ClN3O3. The van der Waals surface area contributed by atoms with E-state index in [4.69, 9.17) is 5.73 Å². The first-order chi connectivity index (χ1) is 9.65. The molecule has 0 saturated heterocycles. The zero-order valence-electron chi connectivity index (χ0n) is 11.5. The van der Waals surface area contributed by atoms with Crippen molar-refractivity contribution in [1.29, 1.82) is 0 Å². The minimum absolute atomic E-state index is 0. The van der Waals surface area contributed by atoms with Gasteiger partial charge in [-0.2, -0.15) is 0 Å². The topological polar surface area (TPSA) is 92.5 Å². The molecule has 0 radical (unpaired) electrons. The monoisotopic (exact) mass is 311 g/mol. The molecule has 0 fully saturated rings. The molecule has 1 aliphatic rings. The predicted octanol–water partition coefficient (Wildman–Crippen LogP) is 0.559. The van der Waals surface area contributed by atoms with Gasteiger partial charge in [0.15, 0.2) is 0 Å². The Morgan fingerprint density at radius 2 is 1.67 bits per heavy atom. The summed E-state index contributed by atoms with van der Waals surface area (Å²) in [7, 11) is 0. The Morgan fingerprint density at radius 3 is 2.19 bits per heavy atom. The molecule has 0 aliphatic carbocycles. The van der Waals surface area contributed by atoms with Gasteiger partial charge < -0.3 is 11.1 Å². The van der Waals surface area contributed by atoms with Crippen molar-refractivity contribution in [1.82, 2.24) is 10.2 Å². The number of halogens is 1. The zero-order chi connectivity index (χ0) is 14.5. The van der Waals surface area contributed by atoms with Gasteiger partial charge in [-0.15, -0.1) is 12.4 Å². The molecule has 6 nitrogen and oxygen atoms in total. The maximum atomic E-state index is 12.0. The number of hydrogen-bond donors (Lipinski definition) is 2. The van der Waals surface area contributed by atoms with Gasteiger partial charge in [0, 0.05) is 6.54 Å². The Morgan fingerprint density at radius 1 is 1.10 bits per heavy atom. The number of nitrogens with one attached hydrogen (secondary N) is 1. The molecule has 0 unspecified atom stereocenters. The van der Waals surface area contributed by atoms with Crippen LogP contribution < -0.4 is 11.1 Å². The number of rotatable bonds is 6. The van der Waals surface area contributed by atoms with E-state index in [9.17, 15) is 14.4 Å². The molecule has 114 valence electrons. The molecule has 3 N–H and O–H groups in total. The molecule has 1 heterocycles. The maximum absolute atomic E-state index is 12.0. The summed E-state index contributed by atoms with van der Waals surface area (Å²) in [6.45, 7) is 0.836. The average molecular weight is 312 g/mol. The third-order valence-corrected chi connectivity index (χ3v) is 3.13. The van der Waals surface area contributed by atoms with E-state index in [0.29, 0.717) is 24.2 Å². The molecule has 0 atom stereocenters. The van der Waals surface area contributed by atoms with E-state index in [0.717, 1.165) is 17.7 Å². The summed E-state index contributed by atoms with van der Waals surface area (Å²) in [6, 6.07) is 6.57. The van der Waals surface area contributed by atoms with Crippen LogP contribution in [0.25, 0.3) is 0 Å². The summed E-state index contributed by atoms with van der Waals surface area (Å²) in [5.74, 6) is -1.16. The Balaban J connectivity index is 0.00000220. The lowest BCUT2D eigenvalue weighted by atomic mass is 10.1. The highest BCUT2D eigenvalue weighted by molar-refractivity contribution is 6.22. The number of amides is 3. The zero-order valence-corrected chi connectivity index (χ0v) is 12.3. The Labute approximate surface area is 129 Å². The van der Waals surface area contributed by atoms with Crippen molar-refractivity contribution in [2.24, 2.45) is 5.73 Å². The summed E-state index contributed by atoms with van der Waals surface area (Å²) in [4.78, 5) is 36.7. The van der Waals surface area contributed by atoms with Crippen LogP contribution in [-0.4, -0.2) is 42.3 Å². The van der Waals surface area contributed by atoms with Crippen LogP contribution in [0.3, 0.4) is 0 Å². The molecule has 1 aromatic carbocycles. The van der Waals surface area contributed by atoms with Gasteiger partial charge in [-0.05, 0) is 31.5 Å². The van der Waals surface area contributed by atoms with Gasteiger partial charge in [0.05, 0.1) is 11.1 Å². The summed E-state index contributed by atoms with van der Waals surface area (Å²) >= 11 is 0. The van der Waals surface area contributed by atoms with E-state index in [1.807, 2.05) is 0 Å². The molecule has 0 saturated carbocycles. The molecule has 2 rings (SSSR count). The second-order valence-electron chi connectivity index (χ2n) is 4.59. The van der Waals surface area contributed by atoms with Crippen LogP contribution in [0.2, 0.25) is 0 Å². The lowest BCUT2D eigenvalue weighted by Crippen LogP contribution is -2.40. The highest BCUT2D eigenvalue weighted by atomic mass is 35.5. The van der Waals surface area contributed by atoms with Crippen LogP contribution in [0.1, 0.15) is 33.6 Å². The molecule has 1 aromatic rings. The van der Waals surface area contributed by atoms with Gasteiger partial charge in [0.1, 0.15) is 6.54 Å². The van der Waals surface area contributed by atoms with Gasteiger partial charge in [0.2, 0.25) is 5.91 Å². The van der Waals surface area contributed by atoms with Crippen molar-refractivity contribution in [3.05, 3.63) is 35.4 Å². The van der Waals surface area contributed by atoms with Crippen molar-refractivity contribution in [3.63, 3.8) is 0 Å². The molecule has 0 bridgehead atoms. The van der Waals surface area contributed by atoms with E-state index in [-0.39, 0.29) is 24.9 Å². The van der Waals surface area contributed by atoms with E-state index in [1.54, 1.807) is 24.3 Å². The fraction of sp³-hybridized carbons (Fsp3) is 0.357. The van der Waals surface area contributed by atoms with Crippen LogP contribution >= 0.6 is 12.4 Å². The molecule has 3 amide bonds. The SMILES string of the molecule is Cl.NCCCCNC(=O)CN1C(=O)c2ccccc2C1=O. The smallest absolute Gasteiger partial charge is 0.262 e. The number of unbranched alkanes of at least 4 members (excludes halogenated alkanes) is 1. The van der Waals surface area contributed by atoms with Gasteiger partial charge >= 0.3 is 0 Å². The summed E-state index contributed by atoms with van der Waals surface area (Å²) < 4.78 is 0. The highest BCUT2D eigenvalue weighted by Crippen LogP contribution is 2.21. The predicted molar refractivity (Wildman–Crippen MR) is 80.4 cm³/mol. The van der Waals surface area contributed by atoms with Gasteiger partial charge in [-0.1, -0.05) is 12.1 Å². The van der Waals surface area contributed by atoms with Crippen molar-refractivity contribution >= 4 is 30.1 Å². The lowest BCUT2D eigenvalue weighted by Gasteiger charge is -2.13. The van der Waals surface area contributed by atoms with Crippen molar-refractivity contribution < 1.29 is 14.4 Å². The molecule has 21 heavy (non-hydrogen) atoms. The van der Waals surface area contributed by atoms with Crippen molar-refractivity contribution in [3.8, 4) is 0 Å². The number of nitrogens with two attached hydrogens (primary N) is 1. The van der Waals surface area contributed by atoms with E-state index >= 15 is 0 Å². The number of benzene rings is 1. The maximum Gasteiger partial charge on any atom is 0.262 e. The number of hydrogen-bond acceptors (Lipinski definition) is 4. The highest BCUT2D eigenvalue weighted by Gasteiger charge is 2.35. The quantitative estimate of drug-likeness (QED) is 0.593. The Kier molecular flexibility index (Phi) is 6.33. The fourth-order valence-corrected chi connectivity index (χ4v) is 2.08. The third-order valence-electron chi connectivity index (χ3n) is 3.13. The van der Waals surface area contributed by atoms with Crippen LogP contribution in [-0.2, 0) is 4.79 Å². The first-order valence-corrected chi connectivity index (χ1v) is 6.57. The fourth-order valence-electron chi connectivity index (χ4n) is 2.08. The lowest BCUT2D eigenvalue weighted by molar-refractivity contribution is -0.121. The second kappa shape index (κ2) is 7.75. The number of carbonyl (C=O) groups is 3. The van der Waals surface area contributed by atoms with E-state index in [1.165, 1.54) is 0 Å². The Hall–Kier alpha value is -1.92. The normalized spacial score (nSPS) is 12.9. The van der Waals surface area contributed by atoms with Crippen LogP contribution in [0.4, 0.5) is 0 Å². The first-order valence-electron chi connectivity index (χ1n) is 6.57. The largest absolute Gasteiger partial charge is 0.355 e. The summed E-state index contributed by atoms with van der Waals surface area (Å²) in [6.07, 6.45) is 1.61. The van der Waals surface area contributed by atoms with Crippen molar-refractivity contribution in [2.45, 2.75) is 12.8 Å². The summed E-state index contributed by atoms with van der Waals surface area (Å²) in [5.41, 5.74) is 6.06. The van der Waals surface area contributed by atoms with Crippen molar-refractivity contribution in [2.75, 3.05) is 19.6 Å². The van der Waals surface area contributed by atoms with Crippen LogP contribution in [0.15, 0.2) is 24.3 Å². The standard InChI is InChI=1S/C14H17N3O3.ClH/c15-7-3-4-8-16-12(18)9-17-13(19)10-5-1-2-6-11(10)14(17)20;/h1-2,5-6H,3-4,7-9,15H2,(H,16,18);1H. The number of nitrogens with zero attached hydrogens (tertiary/aromatic N) is 1. The number of carbonyl (C=O) groups excluding carboxylic acids is 3. The molecule has 7 heteroatoms. The molecule has 1 aliphatic heterocycles. The first kappa shape index (κ1) is 17.1. The van der Waals surface area contributed by atoms with Gasteiger partial charge in [-0.25, -0.2) is 0 Å². The minimum atomic E-state index is -0.414. The number of imide groups is 1. The minimum Gasteiger partial charge on any atom is -0.355 e. The van der Waals surface area contributed by atoms with Crippen LogP contribution in [0.5, 0.6) is 0 Å². The van der Waals surface area contributed by atoms with Gasteiger partial charge in [0.25, 0.3) is 11.8 Å². The summed E-state index contributed by atoms with van der Waals surface area (Å²) in [5, 5.41) is 2.67. The molecule has 0 spiro atoms. The second-order valence-corrected chi connectivity index (χ2v) is 4.59. The third kappa shape index (κ3) is 3.80. The van der Waals surface area contributed by atoms with E-state index < -0.39 is 11.8 Å². The number of fused-ring (bicyclic) bond motifs is 1. The molecular weight excluding hydrogens is 294 g/mol. The Bertz CT molecular complexity index is 513. The average Bonchev–Trinajstić information content (AvgIpc) is 2.69. The van der Waals surface area contributed by atoms with Gasteiger partial charge in [-0.3, -0.25) is 19.3 Å². The molecule has 0 aromatic heterocycles.